The summed E-state index contributed by atoms with van der Waals surface area (Å²) in [6, 6.07) is 8.89. The molecule has 0 fully saturated rings. The molecule has 0 aromatic heterocycles. The fourth-order valence-electron chi connectivity index (χ4n) is 2.93. The molecule has 0 saturated heterocycles. The molecular weight excluding hydrogens is 409 g/mol. The third-order valence-electron chi connectivity index (χ3n) is 4.21. The van der Waals surface area contributed by atoms with Gasteiger partial charge in [0.1, 0.15) is 0 Å². The summed E-state index contributed by atoms with van der Waals surface area (Å²) < 4.78 is 16.4. The van der Waals surface area contributed by atoms with Gasteiger partial charge in [0.15, 0.2) is 0 Å². The third-order valence-corrected chi connectivity index (χ3v) is 6.89. The molecule has 1 N–H and O–H groups in total. The van der Waals surface area contributed by atoms with Gasteiger partial charge >= 0.3 is 0 Å². The number of hydrogen-bond donors (Lipinski definition) is 1. The number of hydrogen-bond acceptors (Lipinski definition) is 1. The number of benzene rings is 2. The van der Waals surface area contributed by atoms with E-state index in [-0.39, 0.29) is 14.9 Å². The first-order valence-electron chi connectivity index (χ1n) is 8.03. The summed E-state index contributed by atoms with van der Waals surface area (Å²) in [5, 5.41) is 0.844. The van der Waals surface area contributed by atoms with Crippen molar-refractivity contribution in [1.29, 1.82) is 0 Å². The molecule has 2 aromatic rings. The lowest BCUT2D eigenvalue weighted by molar-refractivity contribution is 0.684. The molecule has 136 valence electrons. The Labute approximate surface area is 169 Å². The van der Waals surface area contributed by atoms with E-state index in [4.69, 9.17) is 34.8 Å². The Morgan fingerprint density at radius 3 is 2.50 bits per heavy atom. The van der Waals surface area contributed by atoms with E-state index < -0.39 is 9.71 Å². The SMILES string of the molecule is C=S(=O)(Nc1cccc2c1CCC(C)=CC=C2)c1c(Cl)cc(Cl)cc1Cl. The van der Waals surface area contributed by atoms with Crippen LogP contribution in [0.4, 0.5) is 5.69 Å². The van der Waals surface area contributed by atoms with E-state index >= 15 is 0 Å². The highest BCUT2D eigenvalue weighted by molar-refractivity contribution is 8.01. The molecule has 1 aliphatic rings. The van der Waals surface area contributed by atoms with Crippen molar-refractivity contribution in [3.8, 4) is 0 Å². The van der Waals surface area contributed by atoms with Crippen molar-refractivity contribution in [2.45, 2.75) is 24.7 Å². The Hall–Kier alpha value is -1.39. The first-order chi connectivity index (χ1) is 12.3. The van der Waals surface area contributed by atoms with Gasteiger partial charge in [-0.1, -0.05) is 70.7 Å². The Morgan fingerprint density at radius 2 is 1.81 bits per heavy atom. The largest absolute Gasteiger partial charge is 0.309 e. The number of rotatable bonds is 3. The van der Waals surface area contributed by atoms with Gasteiger partial charge < -0.3 is 4.72 Å². The number of fused-ring (bicyclic) bond motifs is 1. The lowest BCUT2D eigenvalue weighted by Gasteiger charge is -2.20. The van der Waals surface area contributed by atoms with E-state index in [0.717, 1.165) is 29.7 Å². The summed E-state index contributed by atoms with van der Waals surface area (Å²) >= 11 is 18.5. The fourth-order valence-corrected chi connectivity index (χ4v) is 5.89. The molecule has 26 heavy (non-hydrogen) atoms. The Kier molecular flexibility index (Phi) is 5.73. The minimum atomic E-state index is -2.97. The molecule has 1 unspecified atom stereocenters. The molecule has 0 amide bonds. The maximum atomic E-state index is 13.4. The third kappa shape index (κ3) is 4.12. The normalized spacial score (nSPS) is 16.1. The summed E-state index contributed by atoms with van der Waals surface area (Å²) in [5.41, 5.74) is 4.24. The monoisotopic (exact) mass is 425 g/mol. The van der Waals surface area contributed by atoms with Crippen molar-refractivity contribution in [2.24, 2.45) is 0 Å². The zero-order valence-corrected chi connectivity index (χ0v) is 17.3. The van der Waals surface area contributed by atoms with Crippen LogP contribution in [0.25, 0.3) is 6.08 Å². The number of halogens is 3. The van der Waals surface area contributed by atoms with Gasteiger partial charge in [0, 0.05) is 10.7 Å². The van der Waals surface area contributed by atoms with E-state index in [1.54, 1.807) is 0 Å². The van der Waals surface area contributed by atoms with Crippen LogP contribution >= 0.6 is 34.8 Å². The summed E-state index contributed by atoms with van der Waals surface area (Å²) in [6.45, 7) is 2.10. The molecule has 0 heterocycles. The maximum Gasteiger partial charge on any atom is 0.0868 e. The van der Waals surface area contributed by atoms with Crippen LogP contribution in [0.15, 0.2) is 53.0 Å². The van der Waals surface area contributed by atoms with Crippen molar-refractivity contribution in [3.05, 3.63) is 74.3 Å². The molecule has 0 radical (unpaired) electrons. The van der Waals surface area contributed by atoms with Crippen LogP contribution in [0.5, 0.6) is 0 Å². The quantitative estimate of drug-likeness (QED) is 0.547. The van der Waals surface area contributed by atoms with Gasteiger partial charge in [-0.05, 0) is 55.0 Å². The standard InChI is InChI=1S/C20H18Cl3NOS/c1-13-5-3-6-14-7-4-8-19(16(14)10-9-13)24-26(2,25)20-17(22)11-15(21)12-18(20)23/h3-8,11-12H,2,9-10H2,1H3,(H,24,25). The molecule has 0 saturated carbocycles. The molecule has 2 nitrogen and oxygen atoms in total. The molecule has 0 aliphatic heterocycles. The molecule has 1 atom stereocenters. The summed E-state index contributed by atoms with van der Waals surface area (Å²) in [7, 11) is -2.97. The Morgan fingerprint density at radius 1 is 1.12 bits per heavy atom. The van der Waals surface area contributed by atoms with E-state index in [2.05, 4.69) is 29.7 Å². The minimum absolute atomic E-state index is 0.229. The first kappa shape index (κ1) is 19.4. The average molecular weight is 427 g/mol. The summed E-state index contributed by atoms with van der Waals surface area (Å²) in [5.74, 6) is 3.87. The van der Waals surface area contributed by atoms with E-state index in [9.17, 15) is 4.21 Å². The molecular formula is C20H18Cl3NOS. The van der Waals surface area contributed by atoms with Gasteiger partial charge in [-0.15, -0.1) is 0 Å². The molecule has 0 bridgehead atoms. The van der Waals surface area contributed by atoms with Gasteiger partial charge in [0.25, 0.3) is 0 Å². The predicted octanol–water partition coefficient (Wildman–Crippen LogP) is 6.65. The van der Waals surface area contributed by atoms with E-state index in [1.165, 1.54) is 17.7 Å². The van der Waals surface area contributed by atoms with Gasteiger partial charge in [-0.25, -0.2) is 4.21 Å². The summed E-state index contributed by atoms with van der Waals surface area (Å²) in [6.07, 6.45) is 7.96. The predicted molar refractivity (Wildman–Crippen MR) is 116 cm³/mol. The fraction of sp³-hybridized carbons (Fsp3) is 0.150. The van der Waals surface area contributed by atoms with Gasteiger partial charge in [-0.3, -0.25) is 0 Å². The topological polar surface area (TPSA) is 29.1 Å². The zero-order valence-electron chi connectivity index (χ0n) is 14.2. The van der Waals surface area contributed by atoms with Gasteiger partial charge in [0.05, 0.1) is 24.6 Å². The van der Waals surface area contributed by atoms with Crippen LogP contribution in [0.2, 0.25) is 15.1 Å². The van der Waals surface area contributed by atoms with E-state index in [1.807, 2.05) is 24.3 Å². The second kappa shape index (κ2) is 7.69. The zero-order chi connectivity index (χ0) is 18.9. The Balaban J connectivity index is 2.04. The van der Waals surface area contributed by atoms with Crippen LogP contribution < -0.4 is 4.72 Å². The smallest absolute Gasteiger partial charge is 0.0868 e. The van der Waals surface area contributed by atoms with E-state index in [0.29, 0.717) is 5.02 Å². The second-order valence-electron chi connectivity index (χ2n) is 6.22. The first-order valence-corrected chi connectivity index (χ1v) is 10.9. The van der Waals surface area contributed by atoms with Gasteiger partial charge in [-0.2, -0.15) is 0 Å². The average Bonchev–Trinajstić information content (AvgIpc) is 2.50. The van der Waals surface area contributed by atoms with Crippen LogP contribution in [0.1, 0.15) is 24.5 Å². The Bertz CT molecular complexity index is 1000. The number of nitrogens with one attached hydrogen (secondary N) is 1. The van der Waals surface area contributed by atoms with Crippen molar-refractivity contribution in [3.63, 3.8) is 0 Å². The number of anilines is 1. The lowest BCUT2D eigenvalue weighted by atomic mass is 9.96. The number of allylic oxidation sites excluding steroid dienone is 3. The van der Waals surface area contributed by atoms with Crippen molar-refractivity contribution >= 4 is 62.1 Å². The maximum absolute atomic E-state index is 13.4. The van der Waals surface area contributed by atoms with Crippen LogP contribution in [0.3, 0.4) is 0 Å². The highest BCUT2D eigenvalue weighted by Crippen LogP contribution is 2.35. The lowest BCUT2D eigenvalue weighted by Crippen LogP contribution is -2.15. The minimum Gasteiger partial charge on any atom is -0.309 e. The summed E-state index contributed by atoms with van der Waals surface area (Å²) in [4.78, 5) is 0.264. The van der Waals surface area contributed by atoms with Gasteiger partial charge in [0.2, 0.25) is 0 Å². The van der Waals surface area contributed by atoms with Crippen molar-refractivity contribution in [1.82, 2.24) is 0 Å². The second-order valence-corrected chi connectivity index (χ2v) is 9.44. The van der Waals surface area contributed by atoms with Crippen LogP contribution in [-0.4, -0.2) is 10.1 Å². The van der Waals surface area contributed by atoms with Crippen LogP contribution in [0, 0.1) is 0 Å². The van der Waals surface area contributed by atoms with Crippen LogP contribution in [-0.2, 0) is 16.1 Å². The highest BCUT2D eigenvalue weighted by Gasteiger charge is 2.19. The molecule has 6 heteroatoms. The molecule has 3 rings (SSSR count). The van der Waals surface area contributed by atoms with Crippen molar-refractivity contribution in [2.75, 3.05) is 4.72 Å². The molecule has 0 spiro atoms. The van der Waals surface area contributed by atoms with Crippen molar-refractivity contribution < 1.29 is 4.21 Å². The molecule has 2 aromatic carbocycles. The molecule has 1 aliphatic carbocycles. The highest BCUT2D eigenvalue weighted by atomic mass is 35.5.